The fourth-order valence-corrected chi connectivity index (χ4v) is 2.64. The first-order chi connectivity index (χ1) is 12.1. The summed E-state index contributed by atoms with van der Waals surface area (Å²) < 4.78 is 30.7. The Kier molecular flexibility index (Phi) is 5.19. The SMILES string of the molecule is Nc1nc(NNCc2ncoc2C(F)F)c(Br)c(-c2ccccc2)n1. The van der Waals surface area contributed by atoms with Gasteiger partial charge < -0.3 is 15.6 Å². The lowest BCUT2D eigenvalue weighted by atomic mass is 10.1. The highest BCUT2D eigenvalue weighted by atomic mass is 79.9. The molecule has 2 aromatic heterocycles. The monoisotopic (exact) mass is 410 g/mol. The maximum absolute atomic E-state index is 12.7. The highest BCUT2D eigenvalue weighted by Gasteiger charge is 2.18. The molecule has 0 aliphatic rings. The molecule has 0 radical (unpaired) electrons. The molecule has 2 heterocycles. The zero-order valence-electron chi connectivity index (χ0n) is 12.7. The van der Waals surface area contributed by atoms with Crippen LogP contribution in [0.5, 0.6) is 0 Å². The molecule has 0 aliphatic heterocycles. The second-order valence-electron chi connectivity index (χ2n) is 4.90. The predicted molar refractivity (Wildman–Crippen MR) is 91.5 cm³/mol. The van der Waals surface area contributed by atoms with Crippen molar-refractivity contribution in [1.29, 1.82) is 0 Å². The number of alkyl halides is 2. The Labute approximate surface area is 149 Å². The van der Waals surface area contributed by atoms with Crippen LogP contribution in [0.25, 0.3) is 11.3 Å². The number of anilines is 2. The summed E-state index contributed by atoms with van der Waals surface area (Å²) in [6.07, 6.45) is -1.75. The van der Waals surface area contributed by atoms with Gasteiger partial charge in [0, 0.05) is 5.56 Å². The maximum atomic E-state index is 12.7. The molecule has 3 aromatic rings. The quantitative estimate of drug-likeness (QED) is 0.534. The summed E-state index contributed by atoms with van der Waals surface area (Å²) >= 11 is 3.43. The van der Waals surface area contributed by atoms with Crippen LogP contribution in [0.4, 0.5) is 20.5 Å². The number of oxazole rings is 1. The molecule has 4 N–H and O–H groups in total. The Hall–Kier alpha value is -2.59. The van der Waals surface area contributed by atoms with Crippen LogP contribution in [-0.4, -0.2) is 15.0 Å². The fourth-order valence-electron chi connectivity index (χ4n) is 2.13. The van der Waals surface area contributed by atoms with E-state index in [9.17, 15) is 8.78 Å². The Balaban J connectivity index is 1.77. The number of nitrogen functional groups attached to an aromatic ring is 1. The summed E-state index contributed by atoms with van der Waals surface area (Å²) in [6, 6.07) is 9.41. The number of benzene rings is 1. The van der Waals surface area contributed by atoms with Crippen LogP contribution in [-0.2, 0) is 6.54 Å². The highest BCUT2D eigenvalue weighted by Crippen LogP contribution is 2.31. The largest absolute Gasteiger partial charge is 0.442 e. The Morgan fingerprint density at radius 2 is 1.96 bits per heavy atom. The van der Waals surface area contributed by atoms with E-state index in [4.69, 9.17) is 5.73 Å². The van der Waals surface area contributed by atoms with Crippen LogP contribution < -0.4 is 16.6 Å². The van der Waals surface area contributed by atoms with E-state index in [2.05, 4.69) is 46.2 Å². The van der Waals surface area contributed by atoms with Crippen LogP contribution in [0.3, 0.4) is 0 Å². The molecule has 10 heteroatoms. The minimum absolute atomic E-state index is 0.00713. The minimum atomic E-state index is -2.73. The number of nitrogens with one attached hydrogen (secondary N) is 2. The molecule has 0 bridgehead atoms. The van der Waals surface area contributed by atoms with Crippen LogP contribution in [0, 0.1) is 0 Å². The van der Waals surface area contributed by atoms with Crippen molar-refractivity contribution in [2.75, 3.05) is 11.2 Å². The molecule has 0 unspecified atom stereocenters. The van der Waals surface area contributed by atoms with Crippen molar-refractivity contribution in [2.45, 2.75) is 13.0 Å². The van der Waals surface area contributed by atoms with Crippen molar-refractivity contribution in [2.24, 2.45) is 0 Å². The third kappa shape index (κ3) is 3.91. The summed E-state index contributed by atoms with van der Waals surface area (Å²) in [6.45, 7) is 0.00713. The second kappa shape index (κ2) is 7.53. The smallest absolute Gasteiger partial charge is 0.297 e. The summed E-state index contributed by atoms with van der Waals surface area (Å²) in [7, 11) is 0. The van der Waals surface area contributed by atoms with Crippen molar-refractivity contribution in [3.8, 4) is 11.3 Å². The first-order valence-corrected chi connectivity index (χ1v) is 7.93. The molecule has 0 atom stereocenters. The van der Waals surface area contributed by atoms with Crippen molar-refractivity contribution in [1.82, 2.24) is 20.4 Å². The van der Waals surface area contributed by atoms with Gasteiger partial charge in [-0.3, -0.25) is 0 Å². The van der Waals surface area contributed by atoms with Crippen LogP contribution in [0.1, 0.15) is 17.9 Å². The van der Waals surface area contributed by atoms with Gasteiger partial charge in [-0.25, -0.2) is 24.2 Å². The Morgan fingerprint density at radius 3 is 2.68 bits per heavy atom. The van der Waals surface area contributed by atoms with Gasteiger partial charge in [-0.15, -0.1) is 0 Å². The zero-order chi connectivity index (χ0) is 17.8. The summed E-state index contributed by atoms with van der Waals surface area (Å²) in [5.41, 5.74) is 12.9. The molecule has 0 fully saturated rings. The van der Waals surface area contributed by atoms with Crippen molar-refractivity contribution in [3.63, 3.8) is 0 Å². The lowest BCUT2D eigenvalue weighted by Gasteiger charge is -2.12. The lowest BCUT2D eigenvalue weighted by molar-refractivity contribution is 0.120. The number of hydrogen-bond acceptors (Lipinski definition) is 7. The van der Waals surface area contributed by atoms with Gasteiger partial charge in [0.1, 0.15) is 5.69 Å². The zero-order valence-corrected chi connectivity index (χ0v) is 14.3. The lowest BCUT2D eigenvalue weighted by Crippen LogP contribution is -2.23. The number of hydrogen-bond donors (Lipinski definition) is 3. The van der Waals surface area contributed by atoms with Crippen molar-refractivity contribution >= 4 is 27.7 Å². The average molecular weight is 411 g/mol. The predicted octanol–water partition coefficient (Wildman–Crippen LogP) is 3.53. The van der Waals surface area contributed by atoms with Gasteiger partial charge in [0.15, 0.2) is 18.0 Å². The van der Waals surface area contributed by atoms with Crippen molar-refractivity contribution < 1.29 is 13.2 Å². The van der Waals surface area contributed by atoms with E-state index in [0.717, 1.165) is 12.0 Å². The summed E-state index contributed by atoms with van der Waals surface area (Å²) in [5.74, 6) is -0.0324. The van der Waals surface area contributed by atoms with Gasteiger partial charge in [0.05, 0.1) is 16.7 Å². The molecule has 7 nitrogen and oxygen atoms in total. The average Bonchev–Trinajstić information content (AvgIpc) is 3.07. The Bertz CT molecular complexity index is 858. The number of nitrogens with zero attached hydrogens (tertiary/aromatic N) is 3. The molecular formula is C15H13BrF2N6O. The van der Waals surface area contributed by atoms with Gasteiger partial charge >= 0.3 is 0 Å². The van der Waals surface area contributed by atoms with E-state index < -0.39 is 12.2 Å². The minimum Gasteiger partial charge on any atom is -0.442 e. The van der Waals surface area contributed by atoms with Crippen LogP contribution in [0.15, 0.2) is 45.6 Å². The van der Waals surface area contributed by atoms with E-state index in [-0.39, 0.29) is 18.2 Å². The van der Waals surface area contributed by atoms with Crippen LogP contribution in [0.2, 0.25) is 0 Å². The van der Waals surface area contributed by atoms with E-state index in [0.29, 0.717) is 16.0 Å². The molecule has 0 spiro atoms. The molecule has 0 saturated heterocycles. The molecule has 0 amide bonds. The van der Waals surface area contributed by atoms with Crippen molar-refractivity contribution in [3.05, 3.63) is 52.7 Å². The third-order valence-electron chi connectivity index (χ3n) is 3.25. The number of nitrogens with two attached hydrogens (primary N) is 1. The van der Waals surface area contributed by atoms with E-state index in [1.54, 1.807) is 0 Å². The first kappa shape index (κ1) is 17.2. The molecule has 25 heavy (non-hydrogen) atoms. The van der Waals surface area contributed by atoms with E-state index in [1.165, 1.54) is 0 Å². The summed E-state index contributed by atoms with van der Waals surface area (Å²) in [4.78, 5) is 12.1. The normalized spacial score (nSPS) is 11.0. The van der Waals surface area contributed by atoms with Gasteiger partial charge in [0.2, 0.25) is 5.95 Å². The molecule has 1 aromatic carbocycles. The number of halogens is 3. The molecule has 130 valence electrons. The second-order valence-corrected chi connectivity index (χ2v) is 5.69. The summed E-state index contributed by atoms with van der Waals surface area (Å²) in [5, 5.41) is 0. The third-order valence-corrected chi connectivity index (χ3v) is 4.00. The van der Waals surface area contributed by atoms with E-state index >= 15 is 0 Å². The first-order valence-electron chi connectivity index (χ1n) is 7.14. The van der Waals surface area contributed by atoms with Gasteiger partial charge in [-0.2, -0.15) is 4.98 Å². The van der Waals surface area contributed by atoms with Gasteiger partial charge in [-0.1, -0.05) is 30.3 Å². The molecule has 0 aliphatic carbocycles. The molecule has 0 saturated carbocycles. The fraction of sp³-hybridized carbons (Fsp3) is 0.133. The van der Waals surface area contributed by atoms with Gasteiger partial charge in [0.25, 0.3) is 6.43 Å². The van der Waals surface area contributed by atoms with E-state index in [1.807, 2.05) is 30.3 Å². The number of aromatic nitrogens is 3. The highest BCUT2D eigenvalue weighted by molar-refractivity contribution is 9.10. The molecular weight excluding hydrogens is 398 g/mol. The van der Waals surface area contributed by atoms with Gasteiger partial charge in [-0.05, 0) is 15.9 Å². The number of rotatable bonds is 6. The number of hydrazine groups is 1. The Morgan fingerprint density at radius 1 is 1.20 bits per heavy atom. The standard InChI is InChI=1S/C15H13BrF2N6O/c16-10-11(8-4-2-1-3-5-8)22-15(19)23-14(10)24-21-6-9-12(13(17)18)25-7-20-9/h1-5,7,13,21H,6H2,(H3,19,22,23,24). The maximum Gasteiger partial charge on any atom is 0.297 e. The molecule has 3 rings (SSSR count). The van der Waals surface area contributed by atoms with Crippen LogP contribution >= 0.6 is 15.9 Å². The topological polar surface area (TPSA) is 102 Å².